The van der Waals surface area contributed by atoms with E-state index >= 15 is 0 Å². The van der Waals surface area contributed by atoms with Crippen molar-refractivity contribution in [3.05, 3.63) is 28.6 Å². The number of carbonyl (C=O) groups is 1. The monoisotopic (exact) mass is 249 g/mol. The molecule has 0 bridgehead atoms. The summed E-state index contributed by atoms with van der Waals surface area (Å²) in [7, 11) is 0. The summed E-state index contributed by atoms with van der Waals surface area (Å²) >= 11 is 5.60. The van der Waals surface area contributed by atoms with E-state index in [-0.39, 0.29) is 17.3 Å². The third-order valence-corrected chi connectivity index (χ3v) is 2.38. The molecule has 0 unspecified atom stereocenters. The van der Waals surface area contributed by atoms with E-state index in [9.17, 15) is 13.6 Å². The zero-order valence-corrected chi connectivity index (χ0v) is 9.26. The van der Waals surface area contributed by atoms with Gasteiger partial charge in [-0.1, -0.05) is 6.07 Å². The molecule has 0 amide bonds. The number of aryl methyl sites for hydroxylation is 1. The maximum absolute atomic E-state index is 12.5. The first-order valence-electron chi connectivity index (χ1n) is 4.51. The average molecular weight is 250 g/mol. The number of aliphatic carboxylic acids is 1. The number of alkyl halides is 3. The molecule has 0 atom stereocenters. The molecule has 1 N–H and O–H groups in total. The van der Waals surface area contributed by atoms with Crippen LogP contribution in [-0.2, 0) is 17.1 Å². The van der Waals surface area contributed by atoms with Crippen molar-refractivity contribution in [3.63, 3.8) is 0 Å². The minimum absolute atomic E-state index is 0.0555. The molecule has 0 aliphatic rings. The molecule has 3 nitrogen and oxygen atoms in total. The maximum Gasteiger partial charge on any atom is 0.309 e. The number of nitrogens with zero attached hydrogens (tertiary/aromatic N) is 1. The SMILES string of the molecule is Cc1cc(CCl)c(CC(=O)O)nc1C(F)F. The third kappa shape index (κ3) is 2.88. The molecule has 0 spiro atoms. The first-order valence-corrected chi connectivity index (χ1v) is 5.04. The summed E-state index contributed by atoms with van der Waals surface area (Å²) < 4.78 is 25.1. The lowest BCUT2D eigenvalue weighted by Crippen LogP contribution is -2.09. The molecule has 0 aromatic carbocycles. The number of rotatable bonds is 4. The number of aromatic nitrogens is 1. The Morgan fingerprint density at radius 1 is 1.62 bits per heavy atom. The molecule has 1 aromatic rings. The van der Waals surface area contributed by atoms with Gasteiger partial charge in [-0.2, -0.15) is 0 Å². The van der Waals surface area contributed by atoms with Gasteiger partial charge in [-0.15, -0.1) is 11.6 Å². The van der Waals surface area contributed by atoms with Gasteiger partial charge in [-0.3, -0.25) is 9.78 Å². The first-order chi connectivity index (χ1) is 7.45. The Labute approximate surface area is 96.1 Å². The zero-order valence-electron chi connectivity index (χ0n) is 8.51. The Balaban J connectivity index is 3.22. The van der Waals surface area contributed by atoms with Crippen molar-refractivity contribution in [2.75, 3.05) is 0 Å². The molecule has 0 radical (unpaired) electrons. The highest BCUT2D eigenvalue weighted by Crippen LogP contribution is 2.23. The topological polar surface area (TPSA) is 50.2 Å². The van der Waals surface area contributed by atoms with Crippen LogP contribution < -0.4 is 0 Å². The van der Waals surface area contributed by atoms with Crippen LogP contribution in [-0.4, -0.2) is 16.1 Å². The highest BCUT2D eigenvalue weighted by atomic mass is 35.5. The van der Waals surface area contributed by atoms with E-state index in [1.165, 1.54) is 13.0 Å². The number of carboxylic acids is 1. The molecular formula is C10H10ClF2NO2. The molecule has 1 heterocycles. The van der Waals surface area contributed by atoms with Gasteiger partial charge in [-0.05, 0) is 18.1 Å². The second-order valence-corrected chi connectivity index (χ2v) is 3.57. The van der Waals surface area contributed by atoms with E-state index in [0.717, 1.165) is 0 Å². The van der Waals surface area contributed by atoms with Crippen molar-refractivity contribution in [3.8, 4) is 0 Å². The van der Waals surface area contributed by atoms with E-state index in [2.05, 4.69) is 4.98 Å². The number of hydrogen-bond donors (Lipinski definition) is 1. The predicted octanol–water partition coefficient (Wildman–Crippen LogP) is 2.69. The van der Waals surface area contributed by atoms with Crippen LogP contribution in [0.3, 0.4) is 0 Å². The van der Waals surface area contributed by atoms with Gasteiger partial charge in [0, 0.05) is 5.88 Å². The van der Waals surface area contributed by atoms with Crippen molar-refractivity contribution < 1.29 is 18.7 Å². The van der Waals surface area contributed by atoms with Crippen molar-refractivity contribution >= 4 is 17.6 Å². The standard InChI is InChI=1S/C10H10ClF2NO2/c1-5-2-6(4-11)7(3-8(15)16)14-9(5)10(12)13/h2,10H,3-4H2,1H3,(H,15,16). The second-order valence-electron chi connectivity index (χ2n) is 3.30. The highest BCUT2D eigenvalue weighted by Gasteiger charge is 2.17. The lowest BCUT2D eigenvalue weighted by Gasteiger charge is -2.10. The van der Waals surface area contributed by atoms with E-state index in [1.807, 2.05) is 0 Å². The van der Waals surface area contributed by atoms with Crippen LogP contribution in [0.1, 0.15) is 28.9 Å². The van der Waals surface area contributed by atoms with Crippen LogP contribution in [0.5, 0.6) is 0 Å². The fourth-order valence-electron chi connectivity index (χ4n) is 1.36. The fraction of sp³-hybridized carbons (Fsp3) is 0.400. The van der Waals surface area contributed by atoms with Crippen molar-refractivity contribution in [1.29, 1.82) is 0 Å². The lowest BCUT2D eigenvalue weighted by molar-refractivity contribution is -0.136. The van der Waals surface area contributed by atoms with E-state index in [0.29, 0.717) is 11.1 Å². The zero-order chi connectivity index (χ0) is 12.3. The fourth-order valence-corrected chi connectivity index (χ4v) is 1.59. The van der Waals surface area contributed by atoms with Crippen LogP contribution >= 0.6 is 11.6 Å². The molecule has 6 heteroatoms. The molecule has 0 saturated heterocycles. The summed E-state index contributed by atoms with van der Waals surface area (Å²) in [6, 6.07) is 1.46. The molecule has 0 fully saturated rings. The Bertz CT molecular complexity index is 410. The molecular weight excluding hydrogens is 240 g/mol. The largest absolute Gasteiger partial charge is 0.481 e. The number of pyridine rings is 1. The molecule has 16 heavy (non-hydrogen) atoms. The van der Waals surface area contributed by atoms with Crippen LogP contribution in [0, 0.1) is 6.92 Å². The van der Waals surface area contributed by atoms with Gasteiger partial charge < -0.3 is 5.11 Å². The summed E-state index contributed by atoms with van der Waals surface area (Å²) in [5.41, 5.74) is 0.513. The van der Waals surface area contributed by atoms with Crippen LogP contribution in [0.25, 0.3) is 0 Å². The van der Waals surface area contributed by atoms with Crippen molar-refractivity contribution in [2.24, 2.45) is 0 Å². The minimum atomic E-state index is -2.71. The Morgan fingerprint density at radius 2 is 2.25 bits per heavy atom. The van der Waals surface area contributed by atoms with Gasteiger partial charge in [0.25, 0.3) is 6.43 Å². The van der Waals surface area contributed by atoms with E-state index in [4.69, 9.17) is 16.7 Å². The second kappa shape index (κ2) is 5.21. The van der Waals surface area contributed by atoms with Crippen molar-refractivity contribution in [2.45, 2.75) is 25.7 Å². The van der Waals surface area contributed by atoms with Gasteiger partial charge in [0.2, 0.25) is 0 Å². The number of hydrogen-bond acceptors (Lipinski definition) is 2. The van der Waals surface area contributed by atoms with E-state index in [1.54, 1.807) is 0 Å². The first kappa shape index (κ1) is 12.8. The minimum Gasteiger partial charge on any atom is -0.481 e. The van der Waals surface area contributed by atoms with Crippen LogP contribution in [0.2, 0.25) is 0 Å². The molecule has 0 aliphatic carbocycles. The summed E-state index contributed by atoms with van der Waals surface area (Å²) in [6.07, 6.45) is -3.11. The van der Waals surface area contributed by atoms with Gasteiger partial charge in [-0.25, -0.2) is 8.78 Å². The average Bonchev–Trinajstić information content (AvgIpc) is 2.18. The maximum atomic E-state index is 12.5. The highest BCUT2D eigenvalue weighted by molar-refractivity contribution is 6.17. The molecule has 1 aromatic heterocycles. The van der Waals surface area contributed by atoms with Gasteiger partial charge in [0.1, 0.15) is 5.69 Å². The van der Waals surface area contributed by atoms with Crippen molar-refractivity contribution in [1.82, 2.24) is 4.98 Å². The number of carboxylic acid groups (broad SMARTS) is 1. The summed E-state index contributed by atoms with van der Waals surface area (Å²) in [5, 5.41) is 8.62. The summed E-state index contributed by atoms with van der Waals surface area (Å²) in [5.74, 6) is -1.07. The molecule has 88 valence electrons. The molecule has 1 rings (SSSR count). The van der Waals surface area contributed by atoms with E-state index < -0.39 is 18.8 Å². The third-order valence-electron chi connectivity index (χ3n) is 2.09. The predicted molar refractivity (Wildman–Crippen MR) is 54.8 cm³/mol. The Morgan fingerprint density at radius 3 is 2.69 bits per heavy atom. The van der Waals surface area contributed by atoms with Gasteiger partial charge in [0.15, 0.2) is 0 Å². The van der Waals surface area contributed by atoms with Gasteiger partial charge in [0.05, 0.1) is 12.1 Å². The smallest absolute Gasteiger partial charge is 0.309 e. The molecule has 0 aliphatic heterocycles. The Kier molecular flexibility index (Phi) is 4.18. The number of halogens is 3. The van der Waals surface area contributed by atoms with Crippen LogP contribution in [0.15, 0.2) is 6.07 Å². The Hall–Kier alpha value is -1.23. The quantitative estimate of drug-likeness (QED) is 0.835. The lowest BCUT2D eigenvalue weighted by atomic mass is 10.1. The summed E-state index contributed by atoms with van der Waals surface area (Å²) in [6.45, 7) is 1.50. The normalized spacial score (nSPS) is 10.8. The van der Waals surface area contributed by atoms with Crippen LogP contribution in [0.4, 0.5) is 8.78 Å². The molecule has 0 saturated carbocycles. The summed E-state index contributed by atoms with van der Waals surface area (Å²) in [4.78, 5) is 14.2. The van der Waals surface area contributed by atoms with Gasteiger partial charge >= 0.3 is 5.97 Å².